The molecule has 0 amide bonds. The van der Waals surface area contributed by atoms with Gasteiger partial charge in [0.15, 0.2) is 5.82 Å². The second-order valence-corrected chi connectivity index (χ2v) is 6.69. The lowest BCUT2D eigenvalue weighted by molar-refractivity contribution is 0.393. The van der Waals surface area contributed by atoms with E-state index >= 15 is 0 Å². The summed E-state index contributed by atoms with van der Waals surface area (Å²) in [6.45, 7) is 4.26. The van der Waals surface area contributed by atoms with E-state index < -0.39 is 0 Å². The molecule has 0 radical (unpaired) electrons. The Hall–Kier alpha value is -1.52. The van der Waals surface area contributed by atoms with Gasteiger partial charge in [0.25, 0.3) is 0 Å². The zero-order valence-electron chi connectivity index (χ0n) is 13.1. The minimum Gasteiger partial charge on any atom is -0.382 e. The van der Waals surface area contributed by atoms with Crippen molar-refractivity contribution in [2.75, 3.05) is 23.7 Å². The van der Waals surface area contributed by atoms with Crippen LogP contribution in [0.5, 0.6) is 0 Å². The zero-order chi connectivity index (χ0) is 16.4. The van der Waals surface area contributed by atoms with Crippen LogP contribution in [0.1, 0.15) is 26.2 Å². The molecule has 4 nitrogen and oxygen atoms in total. The molecular formula is C17H20Cl2N4. The summed E-state index contributed by atoms with van der Waals surface area (Å²) in [5, 5.41) is 0.933. The van der Waals surface area contributed by atoms with Gasteiger partial charge in [-0.05, 0) is 24.8 Å². The number of hydrogen-bond donors (Lipinski definition) is 1. The van der Waals surface area contributed by atoms with Gasteiger partial charge >= 0.3 is 0 Å². The van der Waals surface area contributed by atoms with Crippen molar-refractivity contribution in [3.8, 4) is 11.3 Å². The van der Waals surface area contributed by atoms with Crippen LogP contribution in [0.4, 0.5) is 11.6 Å². The third kappa shape index (κ3) is 3.38. The molecule has 1 aliphatic heterocycles. The highest BCUT2D eigenvalue weighted by molar-refractivity contribution is 6.43. The fourth-order valence-corrected chi connectivity index (χ4v) is 3.40. The Labute approximate surface area is 146 Å². The fourth-order valence-electron chi connectivity index (χ4n) is 3.01. The van der Waals surface area contributed by atoms with Crippen LogP contribution in [-0.4, -0.2) is 23.1 Å². The summed E-state index contributed by atoms with van der Waals surface area (Å²) < 4.78 is 0. The minimum atomic E-state index is 0.379. The maximum atomic E-state index is 6.25. The standard InChI is InChI=1S/C17H20Cl2N4/c1-2-11-6-8-23(9-7-11)14-10-21-16(17(20)22-14)12-4-3-5-13(18)15(12)19/h3-5,10-11H,2,6-9H2,1H3,(H2,20,22). The van der Waals surface area contributed by atoms with Gasteiger partial charge in [0.2, 0.25) is 0 Å². The van der Waals surface area contributed by atoms with Crippen LogP contribution in [-0.2, 0) is 0 Å². The van der Waals surface area contributed by atoms with E-state index in [2.05, 4.69) is 21.8 Å². The van der Waals surface area contributed by atoms with Crippen molar-refractivity contribution in [1.82, 2.24) is 9.97 Å². The zero-order valence-corrected chi connectivity index (χ0v) is 14.6. The van der Waals surface area contributed by atoms with Crippen molar-refractivity contribution in [2.24, 2.45) is 5.92 Å². The summed E-state index contributed by atoms with van der Waals surface area (Å²) in [5.74, 6) is 2.03. The Morgan fingerprint density at radius 3 is 2.65 bits per heavy atom. The molecule has 6 heteroatoms. The molecule has 1 aromatic heterocycles. The van der Waals surface area contributed by atoms with Gasteiger partial charge in [-0.2, -0.15) is 0 Å². The van der Waals surface area contributed by atoms with Gasteiger partial charge in [0.1, 0.15) is 11.5 Å². The Morgan fingerprint density at radius 2 is 2.00 bits per heavy atom. The third-order valence-electron chi connectivity index (χ3n) is 4.51. The lowest BCUT2D eigenvalue weighted by Crippen LogP contribution is -2.34. The molecule has 3 rings (SSSR count). The van der Waals surface area contributed by atoms with Crippen molar-refractivity contribution in [1.29, 1.82) is 0 Å². The lowest BCUT2D eigenvalue weighted by atomic mass is 9.94. The number of nitrogen functional groups attached to an aromatic ring is 1. The third-order valence-corrected chi connectivity index (χ3v) is 5.33. The first kappa shape index (κ1) is 16.3. The molecule has 122 valence electrons. The van der Waals surface area contributed by atoms with E-state index in [1.54, 1.807) is 12.3 Å². The van der Waals surface area contributed by atoms with Crippen molar-refractivity contribution in [3.05, 3.63) is 34.4 Å². The van der Waals surface area contributed by atoms with Crippen molar-refractivity contribution >= 4 is 34.8 Å². The van der Waals surface area contributed by atoms with Gasteiger partial charge in [0, 0.05) is 18.7 Å². The molecule has 0 aliphatic carbocycles. The fraction of sp³-hybridized carbons (Fsp3) is 0.412. The van der Waals surface area contributed by atoms with Crippen LogP contribution >= 0.6 is 23.2 Å². The summed E-state index contributed by atoms with van der Waals surface area (Å²) in [4.78, 5) is 11.3. The van der Waals surface area contributed by atoms with E-state index in [1.165, 1.54) is 19.3 Å². The molecule has 0 bridgehead atoms. The Kier molecular flexibility index (Phi) is 4.93. The summed E-state index contributed by atoms with van der Waals surface area (Å²) in [6.07, 6.45) is 5.41. The quantitative estimate of drug-likeness (QED) is 0.874. The molecule has 1 fully saturated rings. The predicted octanol–water partition coefficient (Wildman–Crippen LogP) is 4.66. The number of aromatic nitrogens is 2. The van der Waals surface area contributed by atoms with Gasteiger partial charge in [-0.3, -0.25) is 0 Å². The van der Waals surface area contributed by atoms with E-state index in [1.807, 2.05) is 12.1 Å². The Bertz CT molecular complexity index is 697. The maximum Gasteiger partial charge on any atom is 0.152 e. The van der Waals surface area contributed by atoms with E-state index in [4.69, 9.17) is 28.9 Å². The Morgan fingerprint density at radius 1 is 1.26 bits per heavy atom. The summed E-state index contributed by atoms with van der Waals surface area (Å²) >= 11 is 12.3. The van der Waals surface area contributed by atoms with E-state index in [9.17, 15) is 0 Å². The number of rotatable bonds is 3. The van der Waals surface area contributed by atoms with Crippen LogP contribution in [0, 0.1) is 5.92 Å². The van der Waals surface area contributed by atoms with E-state index in [-0.39, 0.29) is 0 Å². The largest absolute Gasteiger partial charge is 0.382 e. The second-order valence-electron chi connectivity index (χ2n) is 5.90. The normalized spacial score (nSPS) is 15.9. The Balaban J connectivity index is 1.85. The number of benzene rings is 1. The van der Waals surface area contributed by atoms with E-state index in [0.717, 1.165) is 24.8 Å². The van der Waals surface area contributed by atoms with Crippen LogP contribution < -0.4 is 10.6 Å². The smallest absolute Gasteiger partial charge is 0.152 e. The topological polar surface area (TPSA) is 55.0 Å². The molecular weight excluding hydrogens is 331 g/mol. The molecule has 23 heavy (non-hydrogen) atoms. The number of anilines is 2. The second kappa shape index (κ2) is 6.93. The first-order valence-electron chi connectivity index (χ1n) is 7.92. The summed E-state index contributed by atoms with van der Waals surface area (Å²) in [5.41, 5.74) is 7.41. The number of nitrogens with zero attached hydrogens (tertiary/aromatic N) is 3. The van der Waals surface area contributed by atoms with Crippen LogP contribution in [0.25, 0.3) is 11.3 Å². The molecule has 0 spiro atoms. The van der Waals surface area contributed by atoms with Gasteiger partial charge in [-0.25, -0.2) is 9.97 Å². The summed E-state index contributed by atoms with van der Waals surface area (Å²) in [6, 6.07) is 5.42. The molecule has 0 saturated carbocycles. The van der Waals surface area contributed by atoms with Crippen molar-refractivity contribution < 1.29 is 0 Å². The van der Waals surface area contributed by atoms with Crippen molar-refractivity contribution in [2.45, 2.75) is 26.2 Å². The van der Waals surface area contributed by atoms with Gasteiger partial charge in [0.05, 0.1) is 16.2 Å². The minimum absolute atomic E-state index is 0.379. The lowest BCUT2D eigenvalue weighted by Gasteiger charge is -2.32. The SMILES string of the molecule is CCC1CCN(c2cnc(-c3cccc(Cl)c3Cl)c(N)n2)CC1. The van der Waals surface area contributed by atoms with Crippen LogP contribution in [0.3, 0.4) is 0 Å². The number of hydrogen-bond acceptors (Lipinski definition) is 4. The molecule has 2 heterocycles. The molecule has 0 atom stereocenters. The van der Waals surface area contributed by atoms with Crippen molar-refractivity contribution in [3.63, 3.8) is 0 Å². The highest BCUT2D eigenvalue weighted by atomic mass is 35.5. The number of piperidine rings is 1. The summed E-state index contributed by atoms with van der Waals surface area (Å²) in [7, 11) is 0. The van der Waals surface area contributed by atoms with Gasteiger partial charge in [-0.15, -0.1) is 0 Å². The average molecular weight is 351 g/mol. The molecule has 2 N–H and O–H groups in total. The highest BCUT2D eigenvalue weighted by Crippen LogP contribution is 2.35. The van der Waals surface area contributed by atoms with Crippen LogP contribution in [0.2, 0.25) is 10.0 Å². The number of nitrogens with two attached hydrogens (primary N) is 1. The predicted molar refractivity (Wildman–Crippen MR) is 97.1 cm³/mol. The molecule has 0 unspecified atom stereocenters. The van der Waals surface area contributed by atoms with Gasteiger partial charge in [-0.1, -0.05) is 48.7 Å². The molecule has 2 aromatic rings. The highest BCUT2D eigenvalue weighted by Gasteiger charge is 2.20. The van der Waals surface area contributed by atoms with Gasteiger partial charge < -0.3 is 10.6 Å². The molecule has 1 aliphatic rings. The van der Waals surface area contributed by atoms with Crippen LogP contribution in [0.15, 0.2) is 24.4 Å². The number of halogens is 2. The molecule has 1 saturated heterocycles. The maximum absolute atomic E-state index is 6.25. The molecule has 1 aromatic carbocycles. The first-order valence-corrected chi connectivity index (χ1v) is 8.67. The monoisotopic (exact) mass is 350 g/mol. The average Bonchev–Trinajstić information content (AvgIpc) is 2.58. The van der Waals surface area contributed by atoms with E-state index in [0.29, 0.717) is 27.1 Å². The first-order chi connectivity index (χ1) is 11.1.